The van der Waals surface area contributed by atoms with Gasteiger partial charge in [-0.2, -0.15) is 8.78 Å². The molecule has 364 valence electrons. The van der Waals surface area contributed by atoms with Gasteiger partial charge in [0, 0.05) is 72.5 Å². The quantitative estimate of drug-likeness (QED) is 0.0449. The van der Waals surface area contributed by atoms with E-state index in [1.54, 1.807) is 51.1 Å². The highest BCUT2D eigenvalue weighted by Gasteiger charge is 2.50. The van der Waals surface area contributed by atoms with Gasteiger partial charge in [-0.05, 0) is 91.4 Å². The highest BCUT2D eigenvalue weighted by molar-refractivity contribution is 7.52. The first-order valence-electron chi connectivity index (χ1n) is 22.5. The van der Waals surface area contributed by atoms with Crippen LogP contribution in [0.5, 0.6) is 0 Å². The van der Waals surface area contributed by atoms with Crippen LogP contribution in [0.25, 0.3) is 10.1 Å². The second kappa shape index (κ2) is 20.3. The third-order valence-electron chi connectivity index (χ3n) is 12.4. The topological polar surface area (TPSA) is 223 Å². The number of hydrogen-bond donors (Lipinski definition) is 5. The molecule has 3 aliphatic rings. The molecule has 0 radical (unpaired) electrons. The van der Waals surface area contributed by atoms with Crippen molar-refractivity contribution in [3.8, 4) is 11.8 Å². The molecule has 4 aromatic rings. The average Bonchev–Trinajstić information content (AvgIpc) is 4.04. The van der Waals surface area contributed by atoms with E-state index in [1.807, 2.05) is 19.1 Å². The van der Waals surface area contributed by atoms with Crippen LogP contribution in [-0.2, 0) is 40.7 Å². The number of carbonyl (C=O) groups excluding carboxylic acids is 7. The highest BCUT2D eigenvalue weighted by atomic mass is 32.1. The largest absolute Gasteiger partial charge is 0.399 e. The van der Waals surface area contributed by atoms with Gasteiger partial charge in [-0.3, -0.25) is 43.4 Å². The van der Waals surface area contributed by atoms with E-state index in [9.17, 15) is 56.7 Å². The fourth-order valence-electron chi connectivity index (χ4n) is 8.65. The van der Waals surface area contributed by atoms with Crippen LogP contribution in [0.4, 0.5) is 14.5 Å². The van der Waals surface area contributed by atoms with Gasteiger partial charge in [0.25, 0.3) is 11.8 Å². The van der Waals surface area contributed by atoms with Crippen LogP contribution in [0.1, 0.15) is 108 Å². The lowest BCUT2D eigenvalue weighted by Gasteiger charge is -2.36. The summed E-state index contributed by atoms with van der Waals surface area (Å²) in [6.45, 7) is 7.92. The molecule has 2 fully saturated rings. The number of likely N-dealkylation sites (tertiary alicyclic amines) is 1. The lowest BCUT2D eigenvalue weighted by molar-refractivity contribution is -0.141. The van der Waals surface area contributed by atoms with Crippen molar-refractivity contribution in [3.05, 3.63) is 99.4 Å². The van der Waals surface area contributed by atoms with Crippen LogP contribution < -0.4 is 20.9 Å². The Kier molecular flexibility index (Phi) is 14.9. The van der Waals surface area contributed by atoms with Crippen molar-refractivity contribution in [2.45, 2.75) is 103 Å². The number of benzene rings is 3. The number of carbonyl (C=O) groups is 7. The molecule has 0 saturated carbocycles. The van der Waals surface area contributed by atoms with Crippen LogP contribution in [0, 0.1) is 24.2 Å². The number of amides is 7. The molecular formula is C49H53F2N6O10PS. The molecule has 5 N–H and O–H groups in total. The Morgan fingerprint density at radius 2 is 1.75 bits per heavy atom. The number of nitrogens with one attached hydrogen (secondary N) is 3. The van der Waals surface area contributed by atoms with E-state index in [0.717, 1.165) is 34.6 Å². The van der Waals surface area contributed by atoms with E-state index in [4.69, 9.17) is 0 Å². The van der Waals surface area contributed by atoms with Crippen LogP contribution >= 0.6 is 18.9 Å². The van der Waals surface area contributed by atoms with Crippen molar-refractivity contribution < 1.29 is 56.7 Å². The maximum atomic E-state index is 14.5. The maximum Gasteiger partial charge on any atom is 0.399 e. The number of rotatable bonds is 14. The fraction of sp³-hybridized carbons (Fsp3) is 0.408. The second-order valence-electron chi connectivity index (χ2n) is 18.5. The van der Waals surface area contributed by atoms with Gasteiger partial charge in [0.05, 0.1) is 4.88 Å². The number of fused-ring (bicyclic) bond motifs is 2. The van der Waals surface area contributed by atoms with Crippen molar-refractivity contribution in [3.63, 3.8) is 0 Å². The molecule has 3 atom stereocenters. The summed E-state index contributed by atoms with van der Waals surface area (Å²) in [7, 11) is -5.83. The molecule has 20 heteroatoms. The number of unbranched alkanes of at least 4 members (excludes halogenated alkanes) is 1. The summed E-state index contributed by atoms with van der Waals surface area (Å²) < 4.78 is 40.9. The molecule has 0 bridgehead atoms. The Hall–Kier alpha value is -6.32. The number of hydrogen-bond acceptors (Lipinski definition) is 9. The normalized spacial score (nSPS) is 17.8. The van der Waals surface area contributed by atoms with Crippen LogP contribution in [0.2, 0.25) is 0 Å². The molecule has 1 aromatic heterocycles. The summed E-state index contributed by atoms with van der Waals surface area (Å²) in [6.07, 6.45) is 2.15. The van der Waals surface area contributed by atoms with Gasteiger partial charge in [-0.15, -0.1) is 11.3 Å². The molecular weight excluding hydrogens is 934 g/mol. The molecule has 69 heavy (non-hydrogen) atoms. The van der Waals surface area contributed by atoms with Gasteiger partial charge in [0.2, 0.25) is 29.5 Å². The fourth-order valence-corrected chi connectivity index (χ4v) is 10.1. The minimum absolute atomic E-state index is 0.00687. The van der Waals surface area contributed by atoms with Crippen LogP contribution in [0.3, 0.4) is 0 Å². The second-order valence-corrected chi connectivity index (χ2v) is 21.2. The van der Waals surface area contributed by atoms with E-state index in [1.165, 1.54) is 26.8 Å². The summed E-state index contributed by atoms with van der Waals surface area (Å²) in [4.78, 5) is 116. The first-order chi connectivity index (χ1) is 32.5. The van der Waals surface area contributed by atoms with E-state index >= 15 is 0 Å². The van der Waals surface area contributed by atoms with Crippen LogP contribution in [0.15, 0.2) is 66.7 Å². The first kappa shape index (κ1) is 50.6. The number of nitrogens with zero attached hydrogens (tertiary/aromatic N) is 3. The third-order valence-corrected chi connectivity index (χ3v) is 14.5. The minimum atomic E-state index is -5.83. The number of alkyl halides is 2. The summed E-state index contributed by atoms with van der Waals surface area (Å²) in [6, 6.07) is 14.1. The van der Waals surface area contributed by atoms with E-state index in [-0.39, 0.29) is 66.9 Å². The van der Waals surface area contributed by atoms with Gasteiger partial charge >= 0.3 is 13.3 Å². The number of thiophene rings is 1. The molecule has 2 saturated heterocycles. The smallest absolute Gasteiger partial charge is 0.356 e. The SMILES string of the molecule is Cc1ccc(N(CCC(=O)NCCCC#Cc2cccc3c2CN(C2CCC(=O)NC2=O)C3=O)C(=O)C2CCCN2C(=O)C(NC(=O)c2cc3cc(C(F)(F)P(=O)(O)O)ccc3s2)C(C)(C)C)cc1. The predicted octanol–water partition coefficient (Wildman–Crippen LogP) is 5.70. The van der Waals surface area contributed by atoms with Crippen molar-refractivity contribution in [1.82, 2.24) is 25.8 Å². The van der Waals surface area contributed by atoms with Gasteiger partial charge in [-0.25, -0.2) is 0 Å². The summed E-state index contributed by atoms with van der Waals surface area (Å²) >= 11 is 0.957. The minimum Gasteiger partial charge on any atom is -0.356 e. The van der Waals surface area contributed by atoms with Crippen molar-refractivity contribution in [1.29, 1.82) is 0 Å². The van der Waals surface area contributed by atoms with Crippen LogP contribution in [-0.4, -0.2) is 98.7 Å². The zero-order valence-electron chi connectivity index (χ0n) is 38.5. The third kappa shape index (κ3) is 11.1. The molecule has 0 aliphatic carbocycles. The Balaban J connectivity index is 0.965. The number of piperidine rings is 1. The molecule has 4 heterocycles. The molecule has 3 unspecified atom stereocenters. The van der Waals surface area contributed by atoms with E-state index in [2.05, 4.69) is 27.8 Å². The Bertz CT molecular complexity index is 2830. The van der Waals surface area contributed by atoms with Gasteiger partial charge < -0.3 is 35.1 Å². The lowest BCUT2D eigenvalue weighted by Crippen LogP contribution is -2.58. The van der Waals surface area contributed by atoms with Gasteiger partial charge in [0.1, 0.15) is 18.1 Å². The van der Waals surface area contributed by atoms with Crippen molar-refractivity contribution in [2.75, 3.05) is 24.5 Å². The number of halogens is 2. The molecule has 0 spiro atoms. The zero-order chi connectivity index (χ0) is 50.0. The molecule has 3 aromatic carbocycles. The maximum absolute atomic E-state index is 14.5. The van der Waals surface area contributed by atoms with Gasteiger partial charge in [0.15, 0.2) is 0 Å². The molecule has 3 aliphatic heterocycles. The predicted molar refractivity (Wildman–Crippen MR) is 253 cm³/mol. The van der Waals surface area contributed by atoms with Gasteiger partial charge in [-0.1, -0.05) is 62.4 Å². The summed E-state index contributed by atoms with van der Waals surface area (Å²) in [5.74, 6) is 3.23. The first-order valence-corrected chi connectivity index (χ1v) is 25.0. The Morgan fingerprint density at radius 3 is 2.45 bits per heavy atom. The average molecular weight is 987 g/mol. The number of aryl methyl sites for hydroxylation is 1. The van der Waals surface area contributed by atoms with E-state index < -0.39 is 66.0 Å². The number of imide groups is 1. The standard InChI is InChI=1S/C49H53F2N6O10PS/c1-29-14-17-33(18-15-29)55(25-22-40(58)52-23-7-5-6-10-30-11-8-12-34-35(30)28-57(45(34)62)36-19-21-41(59)53-43(36)60)46(63)37-13-9-24-56(37)47(64)42(48(2,3)4)54-44(61)39-27-31-26-32(16-20-38(31)69-39)49(50,51)68(65,66)67/h8,11-12,14-18,20,26-27,36-37,42H,5,7,9,13,19,21-25,28H2,1-4H3,(H,52,58)(H,54,61)(H,53,59,60)(H2,65,66,67). The van der Waals surface area contributed by atoms with Crippen molar-refractivity contribution in [2.24, 2.45) is 5.41 Å². The molecule has 16 nitrogen and oxygen atoms in total. The summed E-state index contributed by atoms with van der Waals surface area (Å²) in [5, 5.41) is 8.15. The Labute approximate surface area is 401 Å². The summed E-state index contributed by atoms with van der Waals surface area (Å²) in [5.41, 5.74) is -2.87. The molecule has 7 rings (SSSR count). The van der Waals surface area contributed by atoms with E-state index in [0.29, 0.717) is 53.7 Å². The highest BCUT2D eigenvalue weighted by Crippen LogP contribution is 2.59. The monoisotopic (exact) mass is 986 g/mol. The van der Waals surface area contributed by atoms with Crippen molar-refractivity contribution >= 4 is 76.1 Å². The zero-order valence-corrected chi connectivity index (χ0v) is 40.2. The molecule has 7 amide bonds. The number of anilines is 1. The Morgan fingerprint density at radius 1 is 1.01 bits per heavy atom. The lowest BCUT2D eigenvalue weighted by atomic mass is 9.85.